The number of carbonyl (C=O) groups excluding carboxylic acids is 1. The maximum absolute atomic E-state index is 12.1. The number of halogens is 2. The monoisotopic (exact) mass is 342 g/mol. The number of benzene rings is 1. The molecule has 0 aliphatic rings. The second kappa shape index (κ2) is 7.27. The predicted octanol–water partition coefficient (Wildman–Crippen LogP) is 4.09. The van der Waals surface area contributed by atoms with Crippen LogP contribution in [0, 0.1) is 0 Å². The fourth-order valence-electron chi connectivity index (χ4n) is 2.03. The van der Waals surface area contributed by atoms with Crippen molar-refractivity contribution in [2.24, 2.45) is 0 Å². The fourth-order valence-corrected chi connectivity index (χ4v) is 3.25. The zero-order valence-electron chi connectivity index (χ0n) is 11.8. The van der Waals surface area contributed by atoms with E-state index in [-0.39, 0.29) is 11.9 Å². The standard InChI is InChI=1S/C15H16Cl2N2OS/c1-19(2)12(10-5-3-4-6-11(10)16)9-18-15(20)13-7-8-14(17)21-13/h3-8,12H,9H2,1-2H3,(H,18,20)/t12-/m1/s1. The van der Waals surface area contributed by atoms with Crippen molar-refractivity contribution in [3.63, 3.8) is 0 Å². The molecule has 1 heterocycles. The van der Waals surface area contributed by atoms with Gasteiger partial charge in [0, 0.05) is 11.6 Å². The number of carbonyl (C=O) groups is 1. The lowest BCUT2D eigenvalue weighted by Gasteiger charge is -2.25. The van der Waals surface area contributed by atoms with E-state index in [9.17, 15) is 4.79 Å². The Morgan fingerprint density at radius 2 is 1.95 bits per heavy atom. The first-order chi connectivity index (χ1) is 9.99. The second-order valence-electron chi connectivity index (χ2n) is 4.81. The molecule has 1 N–H and O–H groups in total. The Kier molecular flexibility index (Phi) is 5.65. The van der Waals surface area contributed by atoms with Crippen molar-refractivity contribution in [3.05, 3.63) is 56.2 Å². The van der Waals surface area contributed by atoms with Crippen molar-refractivity contribution in [1.29, 1.82) is 0 Å². The largest absolute Gasteiger partial charge is 0.349 e. The summed E-state index contributed by atoms with van der Waals surface area (Å²) in [6.45, 7) is 0.477. The number of amides is 1. The average Bonchev–Trinajstić information content (AvgIpc) is 2.87. The Morgan fingerprint density at radius 3 is 2.52 bits per heavy atom. The van der Waals surface area contributed by atoms with Crippen LogP contribution in [0.3, 0.4) is 0 Å². The molecule has 0 radical (unpaired) electrons. The van der Waals surface area contributed by atoms with Gasteiger partial charge in [0.1, 0.15) is 0 Å². The van der Waals surface area contributed by atoms with Crippen molar-refractivity contribution in [1.82, 2.24) is 10.2 Å². The predicted molar refractivity (Wildman–Crippen MR) is 89.5 cm³/mol. The summed E-state index contributed by atoms with van der Waals surface area (Å²) >= 11 is 13.4. The maximum Gasteiger partial charge on any atom is 0.261 e. The van der Waals surface area contributed by atoms with Gasteiger partial charge in [0.2, 0.25) is 0 Å². The van der Waals surface area contributed by atoms with Crippen molar-refractivity contribution >= 4 is 40.4 Å². The zero-order chi connectivity index (χ0) is 15.4. The second-order valence-corrected chi connectivity index (χ2v) is 6.94. The van der Waals surface area contributed by atoms with Crippen molar-refractivity contribution in [3.8, 4) is 0 Å². The zero-order valence-corrected chi connectivity index (χ0v) is 14.1. The van der Waals surface area contributed by atoms with Gasteiger partial charge < -0.3 is 10.2 Å². The number of nitrogens with zero attached hydrogens (tertiary/aromatic N) is 1. The van der Waals surface area contributed by atoms with Crippen molar-refractivity contribution < 1.29 is 4.79 Å². The van der Waals surface area contributed by atoms with Crippen LogP contribution in [0.2, 0.25) is 9.36 Å². The molecule has 0 unspecified atom stereocenters. The SMILES string of the molecule is CN(C)[C@H](CNC(=O)c1ccc(Cl)s1)c1ccccc1Cl. The van der Waals surface area contributed by atoms with Crippen LogP contribution in [0.5, 0.6) is 0 Å². The van der Waals surface area contributed by atoms with E-state index < -0.39 is 0 Å². The normalized spacial score (nSPS) is 12.4. The first-order valence-electron chi connectivity index (χ1n) is 6.43. The van der Waals surface area contributed by atoms with Crippen LogP contribution in [0.15, 0.2) is 36.4 Å². The molecule has 0 aliphatic carbocycles. The van der Waals surface area contributed by atoms with E-state index in [0.717, 1.165) is 5.56 Å². The van der Waals surface area contributed by atoms with Crippen LogP contribution in [0.1, 0.15) is 21.3 Å². The molecule has 6 heteroatoms. The number of likely N-dealkylation sites (N-methyl/N-ethyl adjacent to an activating group) is 1. The van der Waals surface area contributed by atoms with E-state index in [0.29, 0.717) is 20.8 Å². The third-order valence-electron chi connectivity index (χ3n) is 3.14. The minimum absolute atomic E-state index is 0.0121. The van der Waals surface area contributed by atoms with Gasteiger partial charge in [-0.15, -0.1) is 11.3 Å². The van der Waals surface area contributed by atoms with Gasteiger partial charge >= 0.3 is 0 Å². The summed E-state index contributed by atoms with van der Waals surface area (Å²) in [7, 11) is 3.92. The quantitative estimate of drug-likeness (QED) is 0.887. The Labute approximate surface area is 138 Å². The summed E-state index contributed by atoms with van der Waals surface area (Å²) < 4.78 is 0.607. The summed E-state index contributed by atoms with van der Waals surface area (Å²) in [6.07, 6.45) is 0. The van der Waals surface area contributed by atoms with Gasteiger partial charge in [-0.3, -0.25) is 4.79 Å². The van der Waals surface area contributed by atoms with E-state index in [1.165, 1.54) is 11.3 Å². The van der Waals surface area contributed by atoms with E-state index >= 15 is 0 Å². The summed E-state index contributed by atoms with van der Waals surface area (Å²) in [5.74, 6) is -0.120. The molecule has 0 saturated heterocycles. The van der Waals surface area contributed by atoms with Gasteiger partial charge in [-0.25, -0.2) is 0 Å². The molecule has 21 heavy (non-hydrogen) atoms. The molecular formula is C15H16Cl2N2OS. The highest BCUT2D eigenvalue weighted by atomic mass is 35.5. The Hall–Kier alpha value is -1.07. The smallest absolute Gasteiger partial charge is 0.261 e. The van der Waals surface area contributed by atoms with Gasteiger partial charge in [-0.1, -0.05) is 41.4 Å². The molecule has 1 aromatic carbocycles. The van der Waals surface area contributed by atoms with Crippen LogP contribution < -0.4 is 5.32 Å². The highest BCUT2D eigenvalue weighted by molar-refractivity contribution is 7.17. The van der Waals surface area contributed by atoms with Crippen LogP contribution in [0.4, 0.5) is 0 Å². The molecule has 0 aliphatic heterocycles. The van der Waals surface area contributed by atoms with Gasteiger partial charge in [0.25, 0.3) is 5.91 Å². The van der Waals surface area contributed by atoms with Crippen molar-refractivity contribution in [2.45, 2.75) is 6.04 Å². The molecule has 112 valence electrons. The molecular weight excluding hydrogens is 327 g/mol. The third kappa shape index (κ3) is 4.20. The highest BCUT2D eigenvalue weighted by Crippen LogP contribution is 2.26. The Bertz CT molecular complexity index is 628. The lowest BCUT2D eigenvalue weighted by molar-refractivity contribution is 0.0946. The number of rotatable bonds is 5. The van der Waals surface area contributed by atoms with Crippen LogP contribution in [-0.4, -0.2) is 31.4 Å². The molecule has 1 atom stereocenters. The minimum atomic E-state index is -0.120. The number of hydrogen-bond donors (Lipinski definition) is 1. The summed E-state index contributed by atoms with van der Waals surface area (Å²) in [5.41, 5.74) is 0.994. The molecule has 0 saturated carbocycles. The Morgan fingerprint density at radius 1 is 1.24 bits per heavy atom. The summed E-state index contributed by atoms with van der Waals surface area (Å²) in [6, 6.07) is 11.1. The number of nitrogens with one attached hydrogen (secondary N) is 1. The molecule has 3 nitrogen and oxygen atoms in total. The maximum atomic E-state index is 12.1. The van der Waals surface area contributed by atoms with Gasteiger partial charge in [0.15, 0.2) is 0 Å². The molecule has 0 spiro atoms. The van der Waals surface area contributed by atoms with E-state index in [1.54, 1.807) is 12.1 Å². The molecule has 2 rings (SSSR count). The molecule has 2 aromatic rings. The topological polar surface area (TPSA) is 32.3 Å². The first kappa shape index (κ1) is 16.3. The van der Waals surface area contributed by atoms with Crippen molar-refractivity contribution in [2.75, 3.05) is 20.6 Å². The van der Waals surface area contributed by atoms with Gasteiger partial charge in [-0.2, -0.15) is 0 Å². The van der Waals surface area contributed by atoms with Crippen LogP contribution in [-0.2, 0) is 0 Å². The van der Waals surface area contributed by atoms with Crippen LogP contribution in [0.25, 0.3) is 0 Å². The highest BCUT2D eigenvalue weighted by Gasteiger charge is 2.18. The molecule has 0 bridgehead atoms. The van der Waals surface area contributed by atoms with E-state index in [1.807, 2.05) is 43.3 Å². The van der Waals surface area contributed by atoms with Crippen LogP contribution >= 0.6 is 34.5 Å². The lowest BCUT2D eigenvalue weighted by atomic mass is 10.1. The summed E-state index contributed by atoms with van der Waals surface area (Å²) in [4.78, 5) is 14.7. The van der Waals surface area contributed by atoms with Gasteiger partial charge in [-0.05, 0) is 37.9 Å². The fraction of sp³-hybridized carbons (Fsp3) is 0.267. The third-order valence-corrected chi connectivity index (χ3v) is 4.71. The lowest BCUT2D eigenvalue weighted by Crippen LogP contribution is -2.34. The number of thiophene rings is 1. The number of hydrogen-bond acceptors (Lipinski definition) is 3. The molecule has 1 aromatic heterocycles. The minimum Gasteiger partial charge on any atom is -0.349 e. The molecule has 1 amide bonds. The first-order valence-corrected chi connectivity index (χ1v) is 8.00. The summed E-state index contributed by atoms with van der Waals surface area (Å²) in [5, 5.41) is 3.63. The Balaban J connectivity index is 2.08. The molecule has 0 fully saturated rings. The van der Waals surface area contributed by atoms with Gasteiger partial charge in [0.05, 0.1) is 15.3 Å². The van der Waals surface area contributed by atoms with E-state index in [4.69, 9.17) is 23.2 Å². The average molecular weight is 343 g/mol. The van der Waals surface area contributed by atoms with E-state index in [2.05, 4.69) is 5.32 Å².